The Bertz CT molecular complexity index is 1280. The summed E-state index contributed by atoms with van der Waals surface area (Å²) < 4.78 is 6.08. The van der Waals surface area contributed by atoms with Gasteiger partial charge in [-0.1, -0.05) is 29.8 Å². The third-order valence-electron chi connectivity index (χ3n) is 7.92. The van der Waals surface area contributed by atoms with Gasteiger partial charge in [0.25, 0.3) is 11.4 Å². The number of hydrogen-bond donors (Lipinski definition) is 1. The lowest BCUT2D eigenvalue weighted by Gasteiger charge is -2.34. The molecule has 5 rings (SSSR count). The minimum atomic E-state index is -0.634. The predicted molar refractivity (Wildman–Crippen MR) is 143 cm³/mol. The zero-order chi connectivity index (χ0) is 26.7. The van der Waals surface area contributed by atoms with Crippen LogP contribution in [0.3, 0.4) is 0 Å². The smallest absolute Gasteiger partial charge is 0.260 e. The van der Waals surface area contributed by atoms with Crippen molar-refractivity contribution in [1.82, 2.24) is 15.1 Å². The number of amides is 3. The Morgan fingerprint density at radius 2 is 1.89 bits per heavy atom. The molecule has 1 N–H and O–H groups in total. The molecule has 3 aliphatic rings. The van der Waals surface area contributed by atoms with E-state index in [0.29, 0.717) is 35.9 Å². The molecule has 198 valence electrons. The SMILES string of the molecule is [C-]#[N+]C1(c2cccc(Cl)c2)CCN(CCCCOc2cccc3c2CN(C2CCC(=O)NC2=O)C3=O)CC1. The van der Waals surface area contributed by atoms with Crippen LogP contribution in [0, 0.1) is 6.57 Å². The summed E-state index contributed by atoms with van der Waals surface area (Å²) in [6, 6.07) is 12.5. The lowest BCUT2D eigenvalue weighted by atomic mass is 9.81. The first-order valence-corrected chi connectivity index (χ1v) is 13.5. The fraction of sp³-hybridized carbons (Fsp3) is 0.448. The summed E-state index contributed by atoms with van der Waals surface area (Å²) in [6.45, 7) is 11.4. The van der Waals surface area contributed by atoms with Gasteiger partial charge in [0.15, 0.2) is 0 Å². The summed E-state index contributed by atoms with van der Waals surface area (Å²) in [7, 11) is 0. The number of unbranched alkanes of at least 4 members (excludes halogenated alkanes) is 1. The topological polar surface area (TPSA) is 83.3 Å². The largest absolute Gasteiger partial charge is 0.493 e. The van der Waals surface area contributed by atoms with E-state index in [-0.39, 0.29) is 18.2 Å². The number of imide groups is 1. The Hall–Kier alpha value is -3.41. The molecule has 3 amide bonds. The molecule has 2 aromatic rings. The van der Waals surface area contributed by atoms with Crippen LogP contribution in [-0.4, -0.2) is 59.8 Å². The van der Waals surface area contributed by atoms with Crippen molar-refractivity contribution in [1.29, 1.82) is 0 Å². The van der Waals surface area contributed by atoms with Crippen LogP contribution in [0.2, 0.25) is 5.02 Å². The standard InChI is InChI=1S/C29H31ClN4O4/c1-31-29(20-6-4-7-21(30)18-20)12-15-33(16-13-29)14-2-3-17-38-25-9-5-8-22-23(25)19-34(28(22)37)24-10-11-26(35)32-27(24)36/h4-9,18,24H,2-3,10-17,19H2,(H,32,35,36). The van der Waals surface area contributed by atoms with Gasteiger partial charge in [-0.3, -0.25) is 19.7 Å². The van der Waals surface area contributed by atoms with Gasteiger partial charge in [0.05, 0.1) is 13.2 Å². The molecule has 9 heteroatoms. The number of benzene rings is 2. The first kappa shape index (κ1) is 26.2. The molecule has 38 heavy (non-hydrogen) atoms. The number of halogens is 1. The number of carbonyl (C=O) groups excluding carboxylic acids is 3. The van der Waals surface area contributed by atoms with Crippen LogP contribution in [0.5, 0.6) is 5.75 Å². The average molecular weight is 535 g/mol. The highest BCUT2D eigenvalue weighted by molar-refractivity contribution is 6.30. The first-order chi connectivity index (χ1) is 18.4. The molecule has 0 aromatic heterocycles. The van der Waals surface area contributed by atoms with E-state index < -0.39 is 17.5 Å². The summed E-state index contributed by atoms with van der Waals surface area (Å²) in [5.41, 5.74) is 1.88. The summed E-state index contributed by atoms with van der Waals surface area (Å²) in [5, 5.41) is 3.01. The highest BCUT2D eigenvalue weighted by atomic mass is 35.5. The molecule has 1 unspecified atom stereocenters. The molecule has 0 aliphatic carbocycles. The Morgan fingerprint density at radius 3 is 2.63 bits per heavy atom. The van der Waals surface area contributed by atoms with Crippen molar-refractivity contribution in [2.45, 2.75) is 56.7 Å². The maximum Gasteiger partial charge on any atom is 0.260 e. The Morgan fingerprint density at radius 1 is 1.11 bits per heavy atom. The molecule has 2 aromatic carbocycles. The molecule has 3 aliphatic heterocycles. The molecular formula is C29H31ClN4O4. The van der Waals surface area contributed by atoms with E-state index in [1.165, 1.54) is 0 Å². The van der Waals surface area contributed by atoms with Crippen LogP contribution in [-0.2, 0) is 21.7 Å². The third kappa shape index (κ3) is 5.27. The van der Waals surface area contributed by atoms with Crippen molar-refractivity contribution in [2.75, 3.05) is 26.2 Å². The second-order valence-electron chi connectivity index (χ2n) is 10.2. The van der Waals surface area contributed by atoms with Crippen LogP contribution < -0.4 is 10.1 Å². The van der Waals surface area contributed by atoms with Crippen molar-refractivity contribution in [3.05, 3.63) is 75.6 Å². The van der Waals surface area contributed by atoms with E-state index in [0.717, 1.165) is 56.4 Å². The van der Waals surface area contributed by atoms with Gasteiger partial charge in [0.2, 0.25) is 11.8 Å². The molecule has 2 fully saturated rings. The highest BCUT2D eigenvalue weighted by Crippen LogP contribution is 2.38. The van der Waals surface area contributed by atoms with Crippen LogP contribution in [0.1, 0.15) is 60.0 Å². The van der Waals surface area contributed by atoms with Crippen molar-refractivity contribution in [3.8, 4) is 5.75 Å². The zero-order valence-corrected chi connectivity index (χ0v) is 22.0. The second kappa shape index (κ2) is 11.1. The fourth-order valence-corrected chi connectivity index (χ4v) is 5.89. The lowest BCUT2D eigenvalue weighted by Crippen LogP contribution is -2.52. The van der Waals surface area contributed by atoms with Gasteiger partial charge in [-0.2, -0.15) is 0 Å². The van der Waals surface area contributed by atoms with E-state index in [9.17, 15) is 14.4 Å². The maximum absolute atomic E-state index is 13.0. The summed E-state index contributed by atoms with van der Waals surface area (Å²) in [4.78, 5) is 44.8. The van der Waals surface area contributed by atoms with E-state index in [1.54, 1.807) is 17.0 Å². The van der Waals surface area contributed by atoms with Gasteiger partial charge in [-0.05, 0) is 50.1 Å². The van der Waals surface area contributed by atoms with Crippen molar-refractivity contribution in [3.63, 3.8) is 0 Å². The fourth-order valence-electron chi connectivity index (χ4n) is 5.70. The normalized spacial score (nSPS) is 21.1. The van der Waals surface area contributed by atoms with E-state index in [1.807, 2.05) is 30.3 Å². The number of ether oxygens (including phenoxy) is 1. The highest BCUT2D eigenvalue weighted by Gasteiger charge is 2.42. The number of hydrogen-bond acceptors (Lipinski definition) is 5. The van der Waals surface area contributed by atoms with Gasteiger partial charge < -0.3 is 19.4 Å². The molecule has 0 bridgehead atoms. The number of carbonyl (C=O) groups is 3. The van der Waals surface area contributed by atoms with Crippen LogP contribution in [0.4, 0.5) is 0 Å². The molecule has 1 atom stereocenters. The summed E-state index contributed by atoms with van der Waals surface area (Å²) in [5.74, 6) is -0.232. The van der Waals surface area contributed by atoms with Gasteiger partial charge in [-0.25, -0.2) is 6.57 Å². The number of nitrogens with one attached hydrogen (secondary N) is 1. The Balaban J connectivity index is 1.09. The minimum Gasteiger partial charge on any atom is -0.493 e. The van der Waals surface area contributed by atoms with Gasteiger partial charge >= 0.3 is 0 Å². The number of fused-ring (bicyclic) bond motifs is 1. The van der Waals surface area contributed by atoms with Crippen LogP contribution in [0.25, 0.3) is 4.85 Å². The van der Waals surface area contributed by atoms with Crippen molar-refractivity contribution < 1.29 is 19.1 Å². The summed E-state index contributed by atoms with van der Waals surface area (Å²) >= 11 is 6.17. The van der Waals surface area contributed by atoms with Crippen molar-refractivity contribution >= 4 is 29.3 Å². The Kier molecular flexibility index (Phi) is 7.68. The molecule has 2 saturated heterocycles. The average Bonchev–Trinajstić information content (AvgIpc) is 3.25. The molecular weight excluding hydrogens is 504 g/mol. The molecule has 0 spiro atoms. The molecule has 3 heterocycles. The number of piperidine rings is 2. The third-order valence-corrected chi connectivity index (χ3v) is 8.16. The second-order valence-corrected chi connectivity index (χ2v) is 10.7. The van der Waals surface area contributed by atoms with Gasteiger partial charge in [-0.15, -0.1) is 0 Å². The minimum absolute atomic E-state index is 0.196. The predicted octanol–water partition coefficient (Wildman–Crippen LogP) is 4.17. The van der Waals surface area contributed by atoms with E-state index >= 15 is 0 Å². The maximum atomic E-state index is 13.0. The molecule has 8 nitrogen and oxygen atoms in total. The van der Waals surface area contributed by atoms with Crippen molar-refractivity contribution in [2.24, 2.45) is 0 Å². The summed E-state index contributed by atoms with van der Waals surface area (Å²) in [6.07, 6.45) is 4.00. The van der Waals surface area contributed by atoms with Gasteiger partial charge in [0, 0.05) is 54.1 Å². The van der Waals surface area contributed by atoms with Gasteiger partial charge in [0.1, 0.15) is 11.8 Å². The molecule has 0 saturated carbocycles. The quantitative estimate of drug-likeness (QED) is 0.312. The van der Waals surface area contributed by atoms with Crippen LogP contribution >= 0.6 is 11.6 Å². The van der Waals surface area contributed by atoms with E-state index in [4.69, 9.17) is 22.9 Å². The first-order valence-electron chi connectivity index (χ1n) is 13.2. The van der Waals surface area contributed by atoms with E-state index in [2.05, 4.69) is 15.1 Å². The number of rotatable bonds is 8. The Labute approximate surface area is 227 Å². The monoisotopic (exact) mass is 534 g/mol. The lowest BCUT2D eigenvalue weighted by molar-refractivity contribution is -0.136. The zero-order valence-electron chi connectivity index (χ0n) is 21.2. The molecule has 0 radical (unpaired) electrons. The number of likely N-dealkylation sites (tertiary alicyclic amines) is 1. The number of nitrogens with zero attached hydrogens (tertiary/aromatic N) is 3. The van der Waals surface area contributed by atoms with Crippen LogP contribution in [0.15, 0.2) is 42.5 Å².